The molecule has 3 nitrogen and oxygen atoms in total. The summed E-state index contributed by atoms with van der Waals surface area (Å²) in [4.78, 5) is 0. The number of aromatic nitrogens is 2. The van der Waals surface area contributed by atoms with Crippen molar-refractivity contribution in [3.63, 3.8) is 0 Å². The van der Waals surface area contributed by atoms with Gasteiger partial charge in [-0.25, -0.2) is 0 Å². The Hall–Kier alpha value is -0.830. The van der Waals surface area contributed by atoms with Crippen molar-refractivity contribution in [3.8, 4) is 0 Å². The van der Waals surface area contributed by atoms with Crippen molar-refractivity contribution in [2.24, 2.45) is 5.92 Å². The maximum atomic E-state index is 4.60. The molecule has 0 bridgehead atoms. The van der Waals surface area contributed by atoms with Crippen LogP contribution in [0.2, 0.25) is 0 Å². The summed E-state index contributed by atoms with van der Waals surface area (Å²) in [5.41, 5.74) is 2.77. The van der Waals surface area contributed by atoms with Crippen LogP contribution in [0.3, 0.4) is 0 Å². The van der Waals surface area contributed by atoms with Crippen LogP contribution in [0.1, 0.15) is 64.8 Å². The first-order valence-corrected chi connectivity index (χ1v) is 7.39. The summed E-state index contributed by atoms with van der Waals surface area (Å²) in [5.74, 6) is 0.698. The van der Waals surface area contributed by atoms with Crippen molar-refractivity contribution in [1.82, 2.24) is 15.1 Å². The highest BCUT2D eigenvalue weighted by molar-refractivity contribution is 5.18. The van der Waals surface area contributed by atoms with Crippen LogP contribution in [0.25, 0.3) is 0 Å². The van der Waals surface area contributed by atoms with E-state index in [9.17, 15) is 0 Å². The Morgan fingerprint density at radius 1 is 1.22 bits per heavy atom. The summed E-state index contributed by atoms with van der Waals surface area (Å²) in [6.07, 6.45) is 5.42. The van der Waals surface area contributed by atoms with Crippen molar-refractivity contribution in [2.75, 3.05) is 6.54 Å². The number of nitrogens with zero attached hydrogens (tertiary/aromatic N) is 2. The first kappa shape index (κ1) is 15.2. The summed E-state index contributed by atoms with van der Waals surface area (Å²) >= 11 is 0. The van der Waals surface area contributed by atoms with Crippen LogP contribution in [0.5, 0.6) is 0 Å². The fraction of sp³-hybridized carbons (Fsp3) is 0.800. The van der Waals surface area contributed by atoms with Crippen LogP contribution < -0.4 is 5.32 Å². The molecule has 1 aromatic heterocycles. The first-order chi connectivity index (χ1) is 8.63. The third-order valence-electron chi connectivity index (χ3n) is 3.48. The molecule has 0 amide bonds. The zero-order valence-electron chi connectivity index (χ0n) is 12.7. The van der Waals surface area contributed by atoms with Gasteiger partial charge in [-0.15, -0.1) is 0 Å². The molecule has 0 aliphatic rings. The Morgan fingerprint density at radius 2 is 1.89 bits per heavy atom. The largest absolute Gasteiger partial charge is 0.312 e. The molecule has 0 aliphatic carbocycles. The van der Waals surface area contributed by atoms with Crippen LogP contribution in [-0.2, 0) is 13.0 Å². The van der Waals surface area contributed by atoms with Gasteiger partial charge in [-0.3, -0.25) is 4.68 Å². The molecule has 0 aromatic carbocycles. The fourth-order valence-electron chi connectivity index (χ4n) is 2.40. The van der Waals surface area contributed by atoms with Gasteiger partial charge in [0.15, 0.2) is 0 Å². The molecule has 1 aromatic rings. The van der Waals surface area contributed by atoms with E-state index in [2.05, 4.69) is 49.7 Å². The van der Waals surface area contributed by atoms with Gasteiger partial charge in [-0.2, -0.15) is 5.10 Å². The van der Waals surface area contributed by atoms with Crippen molar-refractivity contribution in [2.45, 2.75) is 66.5 Å². The summed E-state index contributed by atoms with van der Waals surface area (Å²) in [6, 6.07) is 0.554. The van der Waals surface area contributed by atoms with E-state index in [1.165, 1.54) is 11.3 Å². The minimum atomic E-state index is 0.554. The molecule has 0 unspecified atom stereocenters. The Kier molecular flexibility index (Phi) is 6.41. The summed E-state index contributed by atoms with van der Waals surface area (Å²) in [6.45, 7) is 13.2. The minimum absolute atomic E-state index is 0.554. The number of rotatable bonds is 8. The highest BCUT2D eigenvalue weighted by Gasteiger charge is 2.14. The molecule has 1 heterocycles. The maximum absolute atomic E-state index is 4.60. The van der Waals surface area contributed by atoms with E-state index < -0.39 is 0 Å². The van der Waals surface area contributed by atoms with Crippen LogP contribution >= 0.6 is 0 Å². The predicted molar refractivity (Wildman–Crippen MR) is 77.8 cm³/mol. The highest BCUT2D eigenvalue weighted by atomic mass is 15.3. The Bertz CT molecular complexity index is 338. The molecule has 0 saturated heterocycles. The van der Waals surface area contributed by atoms with Gasteiger partial charge in [0.25, 0.3) is 0 Å². The van der Waals surface area contributed by atoms with E-state index in [1.807, 2.05) is 6.20 Å². The Morgan fingerprint density at radius 3 is 2.39 bits per heavy atom. The van der Waals surface area contributed by atoms with Crippen LogP contribution in [-0.4, -0.2) is 16.3 Å². The molecule has 0 aliphatic heterocycles. The standard InChI is InChI=1S/C15H29N3/c1-6-14(7-2)18-15(8-3)13(11-17-18)10-16-9-12(4)5/h11-12,14,16H,6-10H2,1-5H3. The third-order valence-corrected chi connectivity index (χ3v) is 3.48. The van der Waals surface area contributed by atoms with Crippen LogP contribution in [0.15, 0.2) is 6.20 Å². The molecule has 104 valence electrons. The van der Waals surface area contributed by atoms with E-state index in [1.54, 1.807) is 0 Å². The van der Waals surface area contributed by atoms with Gasteiger partial charge in [-0.1, -0.05) is 34.6 Å². The average Bonchev–Trinajstić information content (AvgIpc) is 2.73. The smallest absolute Gasteiger partial charge is 0.0537 e. The normalized spacial score (nSPS) is 11.7. The van der Waals surface area contributed by atoms with Crippen molar-refractivity contribution in [1.29, 1.82) is 0 Å². The monoisotopic (exact) mass is 251 g/mol. The van der Waals surface area contributed by atoms with E-state index in [-0.39, 0.29) is 0 Å². The summed E-state index contributed by atoms with van der Waals surface area (Å²) < 4.78 is 2.24. The van der Waals surface area contributed by atoms with E-state index in [0.29, 0.717) is 12.0 Å². The van der Waals surface area contributed by atoms with Gasteiger partial charge in [0.2, 0.25) is 0 Å². The lowest BCUT2D eigenvalue weighted by Gasteiger charge is -2.17. The molecule has 0 saturated carbocycles. The average molecular weight is 251 g/mol. The second-order valence-corrected chi connectivity index (χ2v) is 5.41. The van der Waals surface area contributed by atoms with E-state index in [4.69, 9.17) is 0 Å². The van der Waals surface area contributed by atoms with Crippen molar-refractivity contribution < 1.29 is 0 Å². The molecule has 3 heteroatoms. The zero-order chi connectivity index (χ0) is 13.5. The molecular weight excluding hydrogens is 222 g/mol. The van der Waals surface area contributed by atoms with Gasteiger partial charge in [0, 0.05) is 17.8 Å². The van der Waals surface area contributed by atoms with Gasteiger partial charge in [0.05, 0.1) is 12.2 Å². The molecule has 18 heavy (non-hydrogen) atoms. The lowest BCUT2D eigenvalue weighted by atomic mass is 10.1. The first-order valence-electron chi connectivity index (χ1n) is 7.39. The van der Waals surface area contributed by atoms with E-state index >= 15 is 0 Å². The summed E-state index contributed by atoms with van der Waals surface area (Å²) in [7, 11) is 0. The molecule has 0 radical (unpaired) electrons. The van der Waals surface area contributed by atoms with Gasteiger partial charge in [0.1, 0.15) is 0 Å². The molecule has 0 atom stereocenters. The van der Waals surface area contributed by atoms with Crippen LogP contribution in [0, 0.1) is 5.92 Å². The molecule has 1 N–H and O–H groups in total. The molecule has 0 spiro atoms. The second-order valence-electron chi connectivity index (χ2n) is 5.41. The maximum Gasteiger partial charge on any atom is 0.0537 e. The lowest BCUT2D eigenvalue weighted by molar-refractivity contribution is 0.414. The zero-order valence-corrected chi connectivity index (χ0v) is 12.7. The van der Waals surface area contributed by atoms with Crippen LogP contribution in [0.4, 0.5) is 0 Å². The van der Waals surface area contributed by atoms with E-state index in [0.717, 1.165) is 32.4 Å². The van der Waals surface area contributed by atoms with Gasteiger partial charge in [-0.05, 0) is 31.7 Å². The predicted octanol–water partition coefficient (Wildman–Crippen LogP) is 3.55. The third kappa shape index (κ3) is 3.84. The Labute approximate surface area is 112 Å². The number of hydrogen-bond donors (Lipinski definition) is 1. The molecule has 0 fully saturated rings. The molecule has 1 rings (SSSR count). The highest BCUT2D eigenvalue weighted by Crippen LogP contribution is 2.20. The summed E-state index contributed by atoms with van der Waals surface area (Å²) in [5, 5.41) is 8.11. The van der Waals surface area contributed by atoms with Gasteiger partial charge < -0.3 is 5.32 Å². The van der Waals surface area contributed by atoms with Gasteiger partial charge >= 0.3 is 0 Å². The number of nitrogens with one attached hydrogen (secondary N) is 1. The number of hydrogen-bond acceptors (Lipinski definition) is 2. The quantitative estimate of drug-likeness (QED) is 0.765. The van der Waals surface area contributed by atoms with Crippen molar-refractivity contribution >= 4 is 0 Å². The Balaban J connectivity index is 2.74. The second kappa shape index (κ2) is 7.57. The van der Waals surface area contributed by atoms with Crippen molar-refractivity contribution in [3.05, 3.63) is 17.5 Å². The SMILES string of the molecule is CCc1c(CNCC(C)C)cnn1C(CC)CC. The minimum Gasteiger partial charge on any atom is -0.312 e. The topological polar surface area (TPSA) is 29.9 Å². The fourth-order valence-corrected chi connectivity index (χ4v) is 2.40. The lowest BCUT2D eigenvalue weighted by Crippen LogP contribution is -2.20. The molecular formula is C15H29N3.